The molecule has 0 amide bonds. The van der Waals surface area contributed by atoms with E-state index in [0.29, 0.717) is 0 Å². The second-order valence-electron chi connectivity index (χ2n) is 6.46. The van der Waals surface area contributed by atoms with Gasteiger partial charge in [-0.2, -0.15) is 0 Å². The molecule has 124 valence electrons. The van der Waals surface area contributed by atoms with E-state index in [4.69, 9.17) is 4.98 Å². The smallest absolute Gasteiger partial charge is 0.262 e. The Morgan fingerprint density at radius 3 is 2.71 bits per heavy atom. The zero-order chi connectivity index (χ0) is 16.7. The molecule has 0 atom stereocenters. The van der Waals surface area contributed by atoms with Crippen molar-refractivity contribution in [3.8, 4) is 0 Å². The summed E-state index contributed by atoms with van der Waals surface area (Å²) in [6.45, 7) is 7.57. The van der Waals surface area contributed by atoms with Crippen LogP contribution >= 0.6 is 11.3 Å². The maximum absolute atomic E-state index is 12.9. The van der Waals surface area contributed by atoms with Gasteiger partial charge in [0, 0.05) is 37.5 Å². The van der Waals surface area contributed by atoms with Crippen LogP contribution in [-0.2, 0) is 19.5 Å². The highest BCUT2D eigenvalue weighted by Crippen LogP contribution is 2.26. The minimum Gasteiger partial charge on any atom is -0.297 e. The van der Waals surface area contributed by atoms with Crippen LogP contribution in [-0.4, -0.2) is 27.5 Å². The molecule has 5 heteroatoms. The molecule has 0 bridgehead atoms. The third kappa shape index (κ3) is 2.68. The lowest BCUT2D eigenvalue weighted by atomic mass is 10.2. The summed E-state index contributed by atoms with van der Waals surface area (Å²) >= 11 is 1.64. The van der Waals surface area contributed by atoms with Crippen molar-refractivity contribution in [3.05, 3.63) is 62.5 Å². The first-order valence-electron chi connectivity index (χ1n) is 8.39. The van der Waals surface area contributed by atoms with Crippen molar-refractivity contribution in [2.24, 2.45) is 0 Å². The standard InChI is InChI=1S/C19H21N3OS/c1-13-14(2)24-18-17(13)19(23)22-11-10-21(9-8-16(22)20-18)12-15-6-4-3-5-7-15/h3-7H,8-12H2,1-2H3. The molecule has 3 heterocycles. The van der Waals surface area contributed by atoms with Gasteiger partial charge in [-0.25, -0.2) is 4.98 Å². The molecule has 1 aromatic carbocycles. The summed E-state index contributed by atoms with van der Waals surface area (Å²) in [6, 6.07) is 10.5. The van der Waals surface area contributed by atoms with Crippen LogP contribution in [0, 0.1) is 13.8 Å². The van der Waals surface area contributed by atoms with Gasteiger partial charge in [0.05, 0.1) is 5.39 Å². The van der Waals surface area contributed by atoms with Gasteiger partial charge in [-0.05, 0) is 25.0 Å². The van der Waals surface area contributed by atoms with Crippen molar-refractivity contribution < 1.29 is 0 Å². The predicted molar refractivity (Wildman–Crippen MR) is 98.8 cm³/mol. The molecule has 0 fully saturated rings. The van der Waals surface area contributed by atoms with Gasteiger partial charge in [0.25, 0.3) is 5.56 Å². The summed E-state index contributed by atoms with van der Waals surface area (Å²) in [5.41, 5.74) is 2.54. The Kier molecular flexibility index (Phi) is 3.98. The average Bonchev–Trinajstić information content (AvgIpc) is 2.74. The lowest BCUT2D eigenvalue weighted by Gasteiger charge is -2.19. The van der Waals surface area contributed by atoms with Gasteiger partial charge >= 0.3 is 0 Å². The molecule has 0 spiro atoms. The fourth-order valence-corrected chi connectivity index (χ4v) is 4.44. The molecule has 0 N–H and O–H groups in total. The fourth-order valence-electron chi connectivity index (χ4n) is 3.40. The van der Waals surface area contributed by atoms with E-state index in [1.54, 1.807) is 11.3 Å². The largest absolute Gasteiger partial charge is 0.297 e. The van der Waals surface area contributed by atoms with Gasteiger partial charge in [-0.3, -0.25) is 14.3 Å². The van der Waals surface area contributed by atoms with Crippen molar-refractivity contribution in [2.75, 3.05) is 13.1 Å². The molecule has 2 aromatic heterocycles. The third-order valence-corrected chi connectivity index (χ3v) is 6.01. The molecular weight excluding hydrogens is 318 g/mol. The van der Waals surface area contributed by atoms with Crippen LogP contribution in [0.1, 0.15) is 21.8 Å². The van der Waals surface area contributed by atoms with Crippen LogP contribution in [0.3, 0.4) is 0 Å². The highest BCUT2D eigenvalue weighted by Gasteiger charge is 2.20. The minimum absolute atomic E-state index is 0.137. The van der Waals surface area contributed by atoms with Crippen LogP contribution in [0.15, 0.2) is 35.1 Å². The summed E-state index contributed by atoms with van der Waals surface area (Å²) < 4.78 is 1.90. The first-order chi connectivity index (χ1) is 11.6. The summed E-state index contributed by atoms with van der Waals surface area (Å²) in [6.07, 6.45) is 0.827. The quantitative estimate of drug-likeness (QED) is 0.720. The number of aryl methyl sites for hydroxylation is 2. The Morgan fingerprint density at radius 2 is 1.92 bits per heavy atom. The van der Waals surface area contributed by atoms with Gasteiger partial charge in [-0.1, -0.05) is 30.3 Å². The number of rotatable bonds is 2. The number of thiophene rings is 1. The Hall–Kier alpha value is -1.98. The fraction of sp³-hybridized carbons (Fsp3) is 0.368. The third-order valence-electron chi connectivity index (χ3n) is 4.91. The Bertz CT molecular complexity index is 943. The van der Waals surface area contributed by atoms with E-state index < -0.39 is 0 Å². The van der Waals surface area contributed by atoms with E-state index >= 15 is 0 Å². The average molecular weight is 339 g/mol. The van der Waals surface area contributed by atoms with Gasteiger partial charge in [0.15, 0.2) is 0 Å². The van der Waals surface area contributed by atoms with Gasteiger partial charge in [-0.15, -0.1) is 11.3 Å². The number of benzene rings is 1. The monoisotopic (exact) mass is 339 g/mol. The van der Waals surface area contributed by atoms with Crippen molar-refractivity contribution in [1.29, 1.82) is 0 Å². The highest BCUT2D eigenvalue weighted by molar-refractivity contribution is 7.18. The van der Waals surface area contributed by atoms with Crippen LogP contribution < -0.4 is 5.56 Å². The lowest BCUT2D eigenvalue weighted by molar-refractivity contribution is 0.271. The van der Waals surface area contributed by atoms with Crippen molar-refractivity contribution in [3.63, 3.8) is 0 Å². The Morgan fingerprint density at radius 1 is 1.12 bits per heavy atom. The van der Waals surface area contributed by atoms with E-state index in [1.165, 1.54) is 10.4 Å². The minimum atomic E-state index is 0.137. The highest BCUT2D eigenvalue weighted by atomic mass is 32.1. The first kappa shape index (κ1) is 15.5. The molecule has 0 aliphatic carbocycles. The zero-order valence-electron chi connectivity index (χ0n) is 14.1. The molecular formula is C19H21N3OS. The molecule has 3 aromatic rings. The number of aromatic nitrogens is 2. The Balaban J connectivity index is 1.65. The van der Waals surface area contributed by atoms with Crippen molar-refractivity contribution >= 4 is 21.6 Å². The molecule has 0 saturated carbocycles. The molecule has 1 aliphatic heterocycles. The summed E-state index contributed by atoms with van der Waals surface area (Å²) in [5.74, 6) is 0.935. The SMILES string of the molecule is Cc1sc2nc3n(c(=O)c2c1C)CCN(Cc1ccccc1)CC3. The molecule has 0 saturated heterocycles. The topological polar surface area (TPSA) is 38.1 Å². The van der Waals surface area contributed by atoms with Crippen molar-refractivity contribution in [2.45, 2.75) is 33.4 Å². The van der Waals surface area contributed by atoms with Crippen molar-refractivity contribution in [1.82, 2.24) is 14.5 Å². The van der Waals surface area contributed by atoms with E-state index in [-0.39, 0.29) is 5.56 Å². The maximum atomic E-state index is 12.9. The number of hydrogen-bond donors (Lipinski definition) is 0. The number of hydrogen-bond acceptors (Lipinski definition) is 4. The molecule has 0 radical (unpaired) electrons. The molecule has 0 unspecified atom stereocenters. The number of fused-ring (bicyclic) bond motifs is 2. The summed E-state index contributed by atoms with van der Waals surface area (Å²) in [4.78, 5) is 22.3. The number of nitrogens with zero attached hydrogens (tertiary/aromatic N) is 3. The lowest BCUT2D eigenvalue weighted by Crippen LogP contribution is -2.28. The van der Waals surface area contributed by atoms with E-state index in [0.717, 1.165) is 54.2 Å². The van der Waals surface area contributed by atoms with E-state index in [9.17, 15) is 4.79 Å². The maximum Gasteiger partial charge on any atom is 0.262 e. The van der Waals surface area contributed by atoms with Crippen LogP contribution in [0.25, 0.3) is 10.2 Å². The van der Waals surface area contributed by atoms with E-state index in [2.05, 4.69) is 36.1 Å². The van der Waals surface area contributed by atoms with E-state index in [1.807, 2.05) is 17.6 Å². The van der Waals surface area contributed by atoms with Gasteiger partial charge in [0.1, 0.15) is 10.7 Å². The summed E-state index contributed by atoms with van der Waals surface area (Å²) in [7, 11) is 0. The normalized spacial score (nSPS) is 15.4. The Labute approximate surface area is 145 Å². The molecule has 4 nitrogen and oxygen atoms in total. The van der Waals surface area contributed by atoms with Gasteiger partial charge < -0.3 is 0 Å². The molecule has 4 rings (SSSR count). The zero-order valence-corrected chi connectivity index (χ0v) is 14.9. The van der Waals surface area contributed by atoms with Crippen LogP contribution in [0.2, 0.25) is 0 Å². The molecule has 1 aliphatic rings. The predicted octanol–water partition coefficient (Wildman–Crippen LogP) is 3.13. The first-order valence-corrected chi connectivity index (χ1v) is 9.21. The van der Waals surface area contributed by atoms with Gasteiger partial charge in [0.2, 0.25) is 0 Å². The second kappa shape index (κ2) is 6.15. The van der Waals surface area contributed by atoms with Crippen LogP contribution in [0.5, 0.6) is 0 Å². The molecule has 24 heavy (non-hydrogen) atoms. The summed E-state index contributed by atoms with van der Waals surface area (Å²) in [5, 5.41) is 0.817. The second-order valence-corrected chi connectivity index (χ2v) is 7.66. The van der Waals surface area contributed by atoms with Crippen LogP contribution in [0.4, 0.5) is 0 Å².